The topological polar surface area (TPSA) is 84.7 Å². The number of hydrogen-bond acceptors (Lipinski definition) is 5. The van der Waals surface area contributed by atoms with Crippen molar-refractivity contribution in [1.29, 1.82) is 0 Å². The predicted molar refractivity (Wildman–Crippen MR) is 124 cm³/mol. The lowest BCUT2D eigenvalue weighted by Gasteiger charge is -2.25. The van der Waals surface area contributed by atoms with Gasteiger partial charge in [0, 0.05) is 29.8 Å². The number of anilines is 2. The Morgan fingerprint density at radius 2 is 1.80 bits per heavy atom. The SMILES string of the molecule is COc1ccc(Br)cc1S(=O)(=O)Nc1cccc(N(CCN)Cc2ccccc2)c1. The van der Waals surface area contributed by atoms with E-state index in [0.29, 0.717) is 29.8 Å². The van der Waals surface area contributed by atoms with Crippen molar-refractivity contribution in [3.63, 3.8) is 0 Å². The van der Waals surface area contributed by atoms with E-state index in [1.165, 1.54) is 13.2 Å². The van der Waals surface area contributed by atoms with Gasteiger partial charge in [0.05, 0.1) is 12.8 Å². The number of methoxy groups -OCH3 is 1. The number of nitrogens with one attached hydrogen (secondary N) is 1. The maximum absolute atomic E-state index is 13.0. The minimum absolute atomic E-state index is 0.0628. The van der Waals surface area contributed by atoms with Crippen LogP contribution in [0.1, 0.15) is 5.56 Å². The van der Waals surface area contributed by atoms with Crippen molar-refractivity contribution in [2.45, 2.75) is 11.4 Å². The second kappa shape index (κ2) is 9.97. The van der Waals surface area contributed by atoms with E-state index in [-0.39, 0.29) is 10.6 Å². The summed E-state index contributed by atoms with van der Waals surface area (Å²) in [7, 11) is -2.40. The minimum Gasteiger partial charge on any atom is -0.495 e. The molecule has 0 radical (unpaired) electrons. The first kappa shape index (κ1) is 22.1. The van der Waals surface area contributed by atoms with Gasteiger partial charge in [-0.3, -0.25) is 4.72 Å². The van der Waals surface area contributed by atoms with E-state index >= 15 is 0 Å². The van der Waals surface area contributed by atoms with Gasteiger partial charge < -0.3 is 15.4 Å². The number of halogens is 1. The molecule has 0 aromatic heterocycles. The average molecular weight is 490 g/mol. The summed E-state index contributed by atoms with van der Waals surface area (Å²) in [6.45, 7) is 1.80. The number of hydrogen-bond donors (Lipinski definition) is 2. The fourth-order valence-corrected chi connectivity index (χ4v) is 4.85. The lowest BCUT2D eigenvalue weighted by atomic mass is 10.2. The zero-order chi connectivity index (χ0) is 21.6. The normalized spacial score (nSPS) is 11.2. The largest absolute Gasteiger partial charge is 0.495 e. The van der Waals surface area contributed by atoms with E-state index in [9.17, 15) is 8.42 Å². The van der Waals surface area contributed by atoms with E-state index < -0.39 is 10.0 Å². The highest BCUT2D eigenvalue weighted by Crippen LogP contribution is 2.30. The van der Waals surface area contributed by atoms with Gasteiger partial charge in [-0.1, -0.05) is 52.3 Å². The van der Waals surface area contributed by atoms with Crippen LogP contribution in [0.25, 0.3) is 0 Å². The summed E-state index contributed by atoms with van der Waals surface area (Å²) < 4.78 is 34.5. The van der Waals surface area contributed by atoms with Crippen LogP contribution in [-0.2, 0) is 16.6 Å². The molecule has 0 amide bonds. The number of sulfonamides is 1. The van der Waals surface area contributed by atoms with Crippen LogP contribution in [-0.4, -0.2) is 28.6 Å². The molecular formula is C22H24BrN3O3S. The van der Waals surface area contributed by atoms with Crippen LogP contribution in [0.15, 0.2) is 82.2 Å². The molecule has 6 nitrogen and oxygen atoms in total. The van der Waals surface area contributed by atoms with Crippen molar-refractivity contribution in [3.05, 3.63) is 82.8 Å². The van der Waals surface area contributed by atoms with Crippen LogP contribution in [0, 0.1) is 0 Å². The van der Waals surface area contributed by atoms with Crippen molar-refractivity contribution < 1.29 is 13.2 Å². The third-order valence-corrected chi connectivity index (χ3v) is 6.39. The van der Waals surface area contributed by atoms with Gasteiger partial charge in [-0.15, -0.1) is 0 Å². The molecule has 0 fully saturated rings. The Hall–Kier alpha value is -2.55. The van der Waals surface area contributed by atoms with Gasteiger partial charge in [0.15, 0.2) is 0 Å². The van der Waals surface area contributed by atoms with Crippen molar-refractivity contribution in [2.24, 2.45) is 5.73 Å². The predicted octanol–water partition coefficient (Wildman–Crippen LogP) is 4.22. The number of nitrogens with zero attached hydrogens (tertiary/aromatic N) is 1. The summed E-state index contributed by atoms with van der Waals surface area (Å²) >= 11 is 3.32. The van der Waals surface area contributed by atoms with Gasteiger partial charge in [-0.05, 0) is 42.0 Å². The lowest BCUT2D eigenvalue weighted by Crippen LogP contribution is -2.29. The molecule has 3 N–H and O–H groups in total. The van der Waals surface area contributed by atoms with Gasteiger partial charge in [0.1, 0.15) is 10.6 Å². The van der Waals surface area contributed by atoms with Crippen LogP contribution < -0.4 is 20.1 Å². The summed E-state index contributed by atoms with van der Waals surface area (Å²) in [5.41, 5.74) is 8.30. The smallest absolute Gasteiger partial charge is 0.265 e. The first-order valence-corrected chi connectivity index (χ1v) is 11.7. The third kappa shape index (κ3) is 5.53. The van der Waals surface area contributed by atoms with E-state index in [4.69, 9.17) is 10.5 Å². The first-order valence-electron chi connectivity index (χ1n) is 9.38. The molecule has 0 unspecified atom stereocenters. The quantitative estimate of drug-likeness (QED) is 0.469. The molecule has 0 heterocycles. The molecule has 3 rings (SSSR count). The molecule has 0 aliphatic heterocycles. The van der Waals surface area contributed by atoms with Crippen LogP contribution in [0.5, 0.6) is 5.75 Å². The van der Waals surface area contributed by atoms with Gasteiger partial charge >= 0.3 is 0 Å². The molecule has 0 aliphatic carbocycles. The maximum atomic E-state index is 13.0. The molecule has 0 saturated carbocycles. The number of rotatable bonds is 9. The summed E-state index contributed by atoms with van der Waals surface area (Å²) in [5.74, 6) is 0.274. The van der Waals surface area contributed by atoms with Crippen LogP contribution in [0.2, 0.25) is 0 Å². The molecule has 158 valence electrons. The summed E-state index contributed by atoms with van der Waals surface area (Å²) in [4.78, 5) is 2.18. The first-order chi connectivity index (χ1) is 14.4. The lowest BCUT2D eigenvalue weighted by molar-refractivity contribution is 0.403. The number of ether oxygens (including phenoxy) is 1. The summed E-state index contributed by atoms with van der Waals surface area (Å²) in [5, 5.41) is 0. The summed E-state index contributed by atoms with van der Waals surface area (Å²) in [6.07, 6.45) is 0. The molecule has 0 atom stereocenters. The van der Waals surface area contributed by atoms with E-state index in [1.807, 2.05) is 30.3 Å². The van der Waals surface area contributed by atoms with Crippen molar-refractivity contribution in [3.8, 4) is 5.75 Å². The zero-order valence-electron chi connectivity index (χ0n) is 16.6. The van der Waals surface area contributed by atoms with Gasteiger partial charge in [0.2, 0.25) is 0 Å². The van der Waals surface area contributed by atoms with Gasteiger partial charge in [-0.2, -0.15) is 0 Å². The Labute approximate surface area is 185 Å². The fourth-order valence-electron chi connectivity index (χ4n) is 3.10. The highest BCUT2D eigenvalue weighted by Gasteiger charge is 2.20. The minimum atomic E-state index is -3.84. The third-order valence-electron chi connectivity index (χ3n) is 4.49. The Bertz CT molecular complexity index is 1090. The summed E-state index contributed by atoms with van der Waals surface area (Å²) in [6, 6.07) is 22.2. The molecule has 0 bridgehead atoms. The highest BCUT2D eigenvalue weighted by atomic mass is 79.9. The fraction of sp³-hybridized carbons (Fsp3) is 0.182. The Balaban J connectivity index is 1.88. The van der Waals surface area contributed by atoms with Crippen LogP contribution in [0.4, 0.5) is 11.4 Å². The second-order valence-corrected chi connectivity index (χ2v) is 9.21. The van der Waals surface area contributed by atoms with Crippen molar-refractivity contribution >= 4 is 37.3 Å². The standard InChI is InChI=1S/C22H24BrN3O3S/c1-29-21-11-10-18(23)14-22(21)30(27,28)25-19-8-5-9-20(15-19)26(13-12-24)16-17-6-3-2-4-7-17/h2-11,14-15,25H,12-13,16,24H2,1H3. The maximum Gasteiger partial charge on any atom is 0.265 e. The number of benzene rings is 3. The zero-order valence-corrected chi connectivity index (χ0v) is 19.0. The Morgan fingerprint density at radius 3 is 2.50 bits per heavy atom. The van der Waals surface area contributed by atoms with E-state index in [1.54, 1.807) is 24.3 Å². The van der Waals surface area contributed by atoms with Crippen molar-refractivity contribution in [2.75, 3.05) is 29.8 Å². The molecule has 3 aromatic rings. The molecule has 3 aromatic carbocycles. The molecule has 0 aliphatic rings. The highest BCUT2D eigenvalue weighted by molar-refractivity contribution is 9.10. The Kier molecular flexibility index (Phi) is 7.36. The second-order valence-electron chi connectivity index (χ2n) is 6.65. The Morgan fingerprint density at radius 1 is 1.03 bits per heavy atom. The molecule has 0 saturated heterocycles. The average Bonchev–Trinajstić information content (AvgIpc) is 2.74. The van der Waals surface area contributed by atoms with Crippen LogP contribution in [0.3, 0.4) is 0 Å². The molecule has 0 spiro atoms. The number of nitrogens with two attached hydrogens (primary N) is 1. The molecular weight excluding hydrogens is 466 g/mol. The van der Waals surface area contributed by atoms with E-state index in [2.05, 4.69) is 37.7 Å². The van der Waals surface area contributed by atoms with Crippen LogP contribution >= 0.6 is 15.9 Å². The monoisotopic (exact) mass is 489 g/mol. The van der Waals surface area contributed by atoms with Gasteiger partial charge in [0.25, 0.3) is 10.0 Å². The van der Waals surface area contributed by atoms with E-state index in [0.717, 1.165) is 11.3 Å². The van der Waals surface area contributed by atoms with Crippen molar-refractivity contribution in [1.82, 2.24) is 0 Å². The molecule has 30 heavy (non-hydrogen) atoms. The molecule has 8 heteroatoms. The van der Waals surface area contributed by atoms with Gasteiger partial charge in [-0.25, -0.2) is 8.42 Å².